The standard InChI is InChI=1S/C16H13Cl2N3/c1-21-16(19)14(10-5-3-2-4-6-10)15(20-21)11-7-8-12(17)13(18)9-11/h2-9H,19H2,1H3. The summed E-state index contributed by atoms with van der Waals surface area (Å²) in [5, 5.41) is 5.53. The third kappa shape index (κ3) is 2.50. The summed E-state index contributed by atoms with van der Waals surface area (Å²) < 4.78 is 1.67. The number of nitrogens with two attached hydrogens (primary N) is 1. The van der Waals surface area contributed by atoms with Crippen molar-refractivity contribution in [3.8, 4) is 22.4 Å². The van der Waals surface area contributed by atoms with Crippen LogP contribution in [0, 0.1) is 0 Å². The maximum absolute atomic E-state index is 6.18. The van der Waals surface area contributed by atoms with Crippen LogP contribution in [0.15, 0.2) is 48.5 Å². The van der Waals surface area contributed by atoms with Crippen LogP contribution in [0.4, 0.5) is 5.82 Å². The van der Waals surface area contributed by atoms with Crippen LogP contribution in [0.3, 0.4) is 0 Å². The van der Waals surface area contributed by atoms with E-state index in [-0.39, 0.29) is 0 Å². The van der Waals surface area contributed by atoms with Crippen molar-refractivity contribution >= 4 is 29.0 Å². The first-order valence-electron chi connectivity index (χ1n) is 6.41. The van der Waals surface area contributed by atoms with E-state index in [2.05, 4.69) is 5.10 Å². The van der Waals surface area contributed by atoms with Crippen LogP contribution in [-0.4, -0.2) is 9.78 Å². The molecule has 0 bridgehead atoms. The SMILES string of the molecule is Cn1nc(-c2ccc(Cl)c(Cl)c2)c(-c2ccccc2)c1N. The van der Waals surface area contributed by atoms with Crippen molar-refractivity contribution in [2.24, 2.45) is 7.05 Å². The minimum Gasteiger partial charge on any atom is -0.383 e. The van der Waals surface area contributed by atoms with Gasteiger partial charge in [-0.25, -0.2) is 0 Å². The van der Waals surface area contributed by atoms with Gasteiger partial charge in [0.05, 0.1) is 15.6 Å². The predicted molar refractivity (Wildman–Crippen MR) is 88.5 cm³/mol. The van der Waals surface area contributed by atoms with Gasteiger partial charge in [0.2, 0.25) is 0 Å². The zero-order valence-electron chi connectivity index (χ0n) is 11.3. The summed E-state index contributed by atoms with van der Waals surface area (Å²) in [5.74, 6) is 0.613. The largest absolute Gasteiger partial charge is 0.383 e. The van der Waals surface area contributed by atoms with Crippen molar-refractivity contribution in [2.75, 3.05) is 5.73 Å². The number of aryl methyl sites for hydroxylation is 1. The van der Waals surface area contributed by atoms with Gasteiger partial charge in [-0.3, -0.25) is 4.68 Å². The fourth-order valence-electron chi connectivity index (χ4n) is 2.27. The number of halogens is 2. The Morgan fingerprint density at radius 3 is 2.33 bits per heavy atom. The maximum Gasteiger partial charge on any atom is 0.129 e. The second-order valence-electron chi connectivity index (χ2n) is 4.73. The lowest BCUT2D eigenvalue weighted by Gasteiger charge is -2.05. The summed E-state index contributed by atoms with van der Waals surface area (Å²) in [6.45, 7) is 0. The zero-order chi connectivity index (χ0) is 15.0. The van der Waals surface area contributed by atoms with Gasteiger partial charge in [0.15, 0.2) is 0 Å². The highest BCUT2D eigenvalue weighted by Crippen LogP contribution is 2.37. The topological polar surface area (TPSA) is 43.8 Å². The molecule has 0 radical (unpaired) electrons. The molecule has 2 aromatic carbocycles. The van der Waals surface area contributed by atoms with Gasteiger partial charge in [-0.15, -0.1) is 0 Å². The Bertz CT molecular complexity index is 795. The molecule has 0 saturated heterocycles. The summed E-state index contributed by atoms with van der Waals surface area (Å²) in [6.07, 6.45) is 0. The van der Waals surface area contributed by atoms with Crippen molar-refractivity contribution in [3.05, 3.63) is 58.6 Å². The van der Waals surface area contributed by atoms with Gasteiger partial charge in [-0.1, -0.05) is 59.6 Å². The van der Waals surface area contributed by atoms with Crippen molar-refractivity contribution in [2.45, 2.75) is 0 Å². The number of hydrogen-bond acceptors (Lipinski definition) is 2. The average Bonchev–Trinajstić information content (AvgIpc) is 2.79. The van der Waals surface area contributed by atoms with Gasteiger partial charge in [-0.05, 0) is 17.7 Å². The lowest BCUT2D eigenvalue weighted by Crippen LogP contribution is -1.97. The maximum atomic E-state index is 6.18. The van der Waals surface area contributed by atoms with Gasteiger partial charge in [-0.2, -0.15) is 5.10 Å². The Hall–Kier alpha value is -1.97. The molecule has 3 nitrogen and oxygen atoms in total. The molecule has 1 aromatic heterocycles. The van der Waals surface area contributed by atoms with E-state index >= 15 is 0 Å². The predicted octanol–water partition coefficient (Wildman–Crippen LogP) is 4.64. The Morgan fingerprint density at radius 1 is 0.952 bits per heavy atom. The lowest BCUT2D eigenvalue weighted by molar-refractivity contribution is 0.782. The Morgan fingerprint density at radius 2 is 1.67 bits per heavy atom. The number of nitrogen functional groups attached to an aromatic ring is 1. The van der Waals surface area contributed by atoms with E-state index in [1.54, 1.807) is 16.8 Å². The summed E-state index contributed by atoms with van der Waals surface area (Å²) in [5.41, 5.74) is 9.78. The van der Waals surface area contributed by atoms with Crippen LogP contribution in [0.2, 0.25) is 10.0 Å². The van der Waals surface area contributed by atoms with Crippen LogP contribution in [0.5, 0.6) is 0 Å². The molecule has 0 fully saturated rings. The molecule has 3 aromatic rings. The number of anilines is 1. The monoisotopic (exact) mass is 317 g/mol. The number of benzene rings is 2. The van der Waals surface area contributed by atoms with Crippen molar-refractivity contribution in [1.29, 1.82) is 0 Å². The van der Waals surface area contributed by atoms with Gasteiger partial charge < -0.3 is 5.73 Å². The van der Waals surface area contributed by atoms with E-state index in [1.807, 2.05) is 43.4 Å². The quantitative estimate of drug-likeness (QED) is 0.748. The normalized spacial score (nSPS) is 10.8. The molecule has 0 spiro atoms. The van der Waals surface area contributed by atoms with E-state index < -0.39 is 0 Å². The number of aromatic nitrogens is 2. The third-order valence-corrected chi connectivity index (χ3v) is 4.09. The third-order valence-electron chi connectivity index (χ3n) is 3.35. The molecule has 0 aliphatic heterocycles. The van der Waals surface area contributed by atoms with Gasteiger partial charge in [0.25, 0.3) is 0 Å². The Labute approximate surface area is 132 Å². The minimum atomic E-state index is 0.498. The fraction of sp³-hybridized carbons (Fsp3) is 0.0625. The second-order valence-corrected chi connectivity index (χ2v) is 5.54. The lowest BCUT2D eigenvalue weighted by atomic mass is 10.0. The van der Waals surface area contributed by atoms with Crippen molar-refractivity contribution in [1.82, 2.24) is 9.78 Å². The van der Waals surface area contributed by atoms with Gasteiger partial charge in [0.1, 0.15) is 11.5 Å². The van der Waals surface area contributed by atoms with E-state index in [1.165, 1.54) is 0 Å². The molecule has 0 amide bonds. The van der Waals surface area contributed by atoms with E-state index in [9.17, 15) is 0 Å². The van der Waals surface area contributed by atoms with Crippen molar-refractivity contribution < 1.29 is 0 Å². The molecule has 0 aliphatic rings. The molecule has 0 unspecified atom stereocenters. The number of rotatable bonds is 2. The van der Waals surface area contributed by atoms with Crippen LogP contribution in [0.25, 0.3) is 22.4 Å². The smallest absolute Gasteiger partial charge is 0.129 e. The first-order chi connectivity index (χ1) is 10.1. The summed E-state index contributed by atoms with van der Waals surface area (Å²) in [4.78, 5) is 0. The molecule has 0 atom stereocenters. The zero-order valence-corrected chi connectivity index (χ0v) is 12.9. The summed E-state index contributed by atoms with van der Waals surface area (Å²) in [7, 11) is 1.82. The van der Waals surface area contributed by atoms with Crippen molar-refractivity contribution in [3.63, 3.8) is 0 Å². The summed E-state index contributed by atoms with van der Waals surface area (Å²) >= 11 is 12.1. The Balaban J connectivity index is 2.24. The molecule has 5 heteroatoms. The number of hydrogen-bond donors (Lipinski definition) is 1. The molecule has 1 heterocycles. The highest BCUT2D eigenvalue weighted by Gasteiger charge is 2.17. The van der Waals surface area contributed by atoms with E-state index in [0.717, 1.165) is 22.4 Å². The minimum absolute atomic E-state index is 0.498. The van der Waals surface area contributed by atoms with Crippen LogP contribution in [-0.2, 0) is 7.05 Å². The molecule has 21 heavy (non-hydrogen) atoms. The van der Waals surface area contributed by atoms with Crippen LogP contribution in [0.1, 0.15) is 0 Å². The molecular formula is C16H13Cl2N3. The Kier molecular flexibility index (Phi) is 3.62. The first kappa shape index (κ1) is 14.0. The van der Waals surface area contributed by atoms with Crippen LogP contribution >= 0.6 is 23.2 Å². The molecule has 0 saturated carbocycles. The number of nitrogens with zero attached hydrogens (tertiary/aromatic N) is 2. The molecule has 2 N–H and O–H groups in total. The van der Waals surface area contributed by atoms with E-state index in [0.29, 0.717) is 15.9 Å². The molecular weight excluding hydrogens is 305 g/mol. The summed E-state index contributed by atoms with van der Waals surface area (Å²) in [6, 6.07) is 15.4. The van der Waals surface area contributed by atoms with Gasteiger partial charge >= 0.3 is 0 Å². The first-order valence-corrected chi connectivity index (χ1v) is 7.17. The molecule has 106 valence electrons. The second kappa shape index (κ2) is 5.43. The fourth-order valence-corrected chi connectivity index (χ4v) is 2.57. The average molecular weight is 318 g/mol. The highest BCUT2D eigenvalue weighted by atomic mass is 35.5. The van der Waals surface area contributed by atoms with E-state index in [4.69, 9.17) is 28.9 Å². The highest BCUT2D eigenvalue weighted by molar-refractivity contribution is 6.42. The van der Waals surface area contributed by atoms with Crippen LogP contribution < -0.4 is 5.73 Å². The molecule has 0 aliphatic carbocycles. The van der Waals surface area contributed by atoms with Gasteiger partial charge in [0, 0.05) is 12.6 Å². The molecule has 3 rings (SSSR count).